The number of nitrogens with two attached hydrogens (primary N) is 1. The van der Waals surface area contributed by atoms with Gasteiger partial charge in [-0.25, -0.2) is 9.97 Å². The van der Waals surface area contributed by atoms with Gasteiger partial charge in [-0.3, -0.25) is 14.2 Å². The summed E-state index contributed by atoms with van der Waals surface area (Å²) in [4.78, 5) is 34.8. The first-order valence-corrected chi connectivity index (χ1v) is 12.6. The third-order valence-corrected chi connectivity index (χ3v) is 7.02. The number of nitrogen functional groups attached to an aromatic ring is 1. The number of hydrogen-bond donors (Lipinski definition) is 3. The van der Waals surface area contributed by atoms with Gasteiger partial charge >= 0.3 is 0 Å². The number of aromatic nitrogens is 4. The summed E-state index contributed by atoms with van der Waals surface area (Å²) in [6.45, 7) is 1.93. The van der Waals surface area contributed by atoms with E-state index in [0.29, 0.717) is 23.2 Å². The number of hydrogen-bond acceptors (Lipinski definition) is 6. The second-order valence-electron chi connectivity index (χ2n) is 9.35. The number of para-hydroxylation sites is 1. The number of nitrogens with zero attached hydrogens (tertiary/aromatic N) is 4. The molecule has 0 spiro atoms. The number of anilines is 2. The molecule has 6 rings (SSSR count). The Balaban J connectivity index is 1.28. The van der Waals surface area contributed by atoms with Gasteiger partial charge < -0.3 is 20.9 Å². The fourth-order valence-electron chi connectivity index (χ4n) is 5.08. The van der Waals surface area contributed by atoms with E-state index in [-0.39, 0.29) is 11.1 Å². The van der Waals surface area contributed by atoms with Crippen molar-refractivity contribution in [3.05, 3.63) is 101 Å². The van der Waals surface area contributed by atoms with Gasteiger partial charge in [0.1, 0.15) is 23.4 Å². The van der Waals surface area contributed by atoms with E-state index in [4.69, 9.17) is 5.73 Å². The van der Waals surface area contributed by atoms with Crippen molar-refractivity contribution in [2.24, 2.45) is 0 Å². The van der Waals surface area contributed by atoms with Crippen LogP contribution in [-0.2, 0) is 0 Å². The predicted molar refractivity (Wildman–Crippen MR) is 149 cm³/mol. The van der Waals surface area contributed by atoms with Crippen LogP contribution in [0.2, 0.25) is 0 Å². The molecule has 190 valence electrons. The first-order chi connectivity index (χ1) is 18.6. The van der Waals surface area contributed by atoms with E-state index in [1.165, 1.54) is 17.0 Å². The summed E-state index contributed by atoms with van der Waals surface area (Å²) in [7, 11) is 0. The maximum Gasteiger partial charge on any atom is 0.267 e. The Kier molecular flexibility index (Phi) is 6.19. The van der Waals surface area contributed by atoms with E-state index >= 15 is 0 Å². The molecule has 1 amide bonds. The van der Waals surface area contributed by atoms with Crippen molar-refractivity contribution in [1.29, 1.82) is 0 Å². The van der Waals surface area contributed by atoms with Crippen molar-refractivity contribution in [3.63, 3.8) is 0 Å². The van der Waals surface area contributed by atoms with Gasteiger partial charge in [-0.1, -0.05) is 30.3 Å². The lowest BCUT2D eigenvalue weighted by Crippen LogP contribution is -2.29. The van der Waals surface area contributed by atoms with Crippen LogP contribution in [-0.4, -0.2) is 38.1 Å². The maximum absolute atomic E-state index is 13.0. The van der Waals surface area contributed by atoms with E-state index in [1.807, 2.05) is 54.6 Å². The molecule has 1 fully saturated rings. The van der Waals surface area contributed by atoms with Crippen LogP contribution in [0.25, 0.3) is 27.8 Å². The highest BCUT2D eigenvalue weighted by molar-refractivity contribution is 6.04. The molecule has 5 aromatic rings. The molecule has 9 heteroatoms. The Bertz CT molecular complexity index is 1670. The number of fused-ring (bicyclic) bond motifs is 1. The van der Waals surface area contributed by atoms with E-state index in [2.05, 4.69) is 31.4 Å². The molecular weight excluding hydrogens is 478 g/mol. The van der Waals surface area contributed by atoms with Crippen LogP contribution >= 0.6 is 0 Å². The fraction of sp³-hybridized carbons (Fsp3) is 0.172. The second kappa shape index (κ2) is 9.95. The van der Waals surface area contributed by atoms with Gasteiger partial charge in [0.15, 0.2) is 0 Å². The van der Waals surface area contributed by atoms with Crippen LogP contribution in [0.5, 0.6) is 0 Å². The SMILES string of the molecule is Nc1ncnc2c1c(-c1ccc(NC(=O)c3cccn(-c4ccccc4)c3=O)cc1)cn2C1CCNCC1. The maximum atomic E-state index is 13.0. The largest absolute Gasteiger partial charge is 0.383 e. The van der Waals surface area contributed by atoms with Crippen molar-refractivity contribution in [1.82, 2.24) is 24.4 Å². The molecule has 1 saturated heterocycles. The summed E-state index contributed by atoms with van der Waals surface area (Å²) in [6.07, 6.45) is 7.30. The summed E-state index contributed by atoms with van der Waals surface area (Å²) in [5, 5.41) is 7.08. The smallest absolute Gasteiger partial charge is 0.267 e. The van der Waals surface area contributed by atoms with Gasteiger partial charge in [-0.15, -0.1) is 0 Å². The quantitative estimate of drug-likeness (QED) is 0.332. The molecule has 0 saturated carbocycles. The van der Waals surface area contributed by atoms with Gasteiger partial charge in [0.05, 0.1) is 5.39 Å². The normalized spacial score (nSPS) is 14.0. The Hall–Kier alpha value is -4.76. The zero-order valence-electron chi connectivity index (χ0n) is 20.7. The number of amides is 1. The summed E-state index contributed by atoms with van der Waals surface area (Å²) in [5.41, 5.74) is 9.98. The minimum absolute atomic E-state index is 0.0652. The average Bonchev–Trinajstić information content (AvgIpc) is 3.35. The zero-order valence-corrected chi connectivity index (χ0v) is 20.7. The highest BCUT2D eigenvalue weighted by atomic mass is 16.2. The number of carbonyl (C=O) groups is 1. The lowest BCUT2D eigenvalue weighted by Gasteiger charge is -2.24. The molecule has 3 aromatic heterocycles. The molecule has 9 nitrogen and oxygen atoms in total. The molecule has 0 bridgehead atoms. The highest BCUT2D eigenvalue weighted by Crippen LogP contribution is 2.36. The van der Waals surface area contributed by atoms with Crippen molar-refractivity contribution in [3.8, 4) is 16.8 Å². The molecule has 1 aliphatic rings. The first kappa shape index (κ1) is 23.6. The van der Waals surface area contributed by atoms with Crippen LogP contribution in [0.3, 0.4) is 0 Å². The van der Waals surface area contributed by atoms with Crippen LogP contribution in [0.4, 0.5) is 11.5 Å². The van der Waals surface area contributed by atoms with Gasteiger partial charge in [-0.2, -0.15) is 0 Å². The third kappa shape index (κ3) is 4.33. The predicted octanol–water partition coefficient (Wildman–Crippen LogP) is 4.01. The van der Waals surface area contributed by atoms with E-state index in [0.717, 1.165) is 48.1 Å². The van der Waals surface area contributed by atoms with Crippen LogP contribution in [0, 0.1) is 0 Å². The highest BCUT2D eigenvalue weighted by Gasteiger charge is 2.22. The molecule has 0 aliphatic carbocycles. The lowest BCUT2D eigenvalue weighted by atomic mass is 10.1. The molecule has 2 aromatic carbocycles. The zero-order chi connectivity index (χ0) is 26.1. The van der Waals surface area contributed by atoms with Crippen molar-refractivity contribution < 1.29 is 4.79 Å². The molecular formula is C29H27N7O2. The number of benzene rings is 2. The molecule has 0 unspecified atom stereocenters. The number of pyridine rings is 1. The number of piperidine rings is 1. The minimum Gasteiger partial charge on any atom is -0.383 e. The molecule has 4 heterocycles. The topological polar surface area (TPSA) is 120 Å². The lowest BCUT2D eigenvalue weighted by molar-refractivity contribution is 0.102. The Morgan fingerprint density at radius 3 is 2.50 bits per heavy atom. The third-order valence-electron chi connectivity index (χ3n) is 7.02. The van der Waals surface area contributed by atoms with Crippen molar-refractivity contribution in [2.45, 2.75) is 18.9 Å². The molecule has 0 atom stereocenters. The van der Waals surface area contributed by atoms with Crippen LogP contribution < -0.4 is 21.9 Å². The van der Waals surface area contributed by atoms with Gasteiger partial charge in [0.2, 0.25) is 0 Å². The first-order valence-electron chi connectivity index (χ1n) is 12.6. The summed E-state index contributed by atoms with van der Waals surface area (Å²) < 4.78 is 3.68. The van der Waals surface area contributed by atoms with Gasteiger partial charge in [0.25, 0.3) is 11.5 Å². The number of carbonyl (C=O) groups excluding carboxylic acids is 1. The van der Waals surface area contributed by atoms with Crippen LogP contribution in [0.1, 0.15) is 29.2 Å². The molecule has 1 aliphatic heterocycles. The number of nitrogens with one attached hydrogen (secondary N) is 2. The molecule has 38 heavy (non-hydrogen) atoms. The van der Waals surface area contributed by atoms with E-state index in [9.17, 15) is 9.59 Å². The number of rotatable bonds is 5. The summed E-state index contributed by atoms with van der Waals surface area (Å²) in [5.74, 6) is -0.0259. The van der Waals surface area contributed by atoms with E-state index in [1.54, 1.807) is 12.3 Å². The molecule has 0 radical (unpaired) electrons. The average molecular weight is 506 g/mol. The monoisotopic (exact) mass is 505 g/mol. The van der Waals surface area contributed by atoms with Crippen molar-refractivity contribution in [2.75, 3.05) is 24.1 Å². The fourth-order valence-corrected chi connectivity index (χ4v) is 5.08. The Morgan fingerprint density at radius 1 is 0.974 bits per heavy atom. The van der Waals surface area contributed by atoms with Gasteiger partial charge in [-0.05, 0) is 67.9 Å². The van der Waals surface area contributed by atoms with E-state index < -0.39 is 5.91 Å². The Morgan fingerprint density at radius 2 is 1.74 bits per heavy atom. The Labute approximate surface area is 219 Å². The minimum atomic E-state index is -0.465. The van der Waals surface area contributed by atoms with Gasteiger partial charge in [0, 0.05) is 35.4 Å². The summed E-state index contributed by atoms with van der Waals surface area (Å²) in [6, 6.07) is 20.3. The van der Waals surface area contributed by atoms with Crippen molar-refractivity contribution >= 4 is 28.4 Å². The van der Waals surface area contributed by atoms with Crippen LogP contribution in [0.15, 0.2) is 90.2 Å². The standard InChI is InChI=1S/C29H27N7O2/c30-26-25-24(17-36(27(25)33-18-32-26)22-12-14-31-15-13-22)19-8-10-20(11-9-19)34-28(37)23-7-4-16-35(29(23)38)21-5-2-1-3-6-21/h1-11,16-18,22,31H,12-15H2,(H,34,37)(H2,30,32,33). The molecule has 4 N–H and O–H groups in total. The second-order valence-corrected chi connectivity index (χ2v) is 9.35. The summed E-state index contributed by atoms with van der Waals surface area (Å²) >= 11 is 0.